The fraction of sp³-hybridized carbons (Fsp3) is 0.867. The number of hydrogen-bond acceptors (Lipinski definition) is 5. The molecule has 0 bridgehead atoms. The lowest BCUT2D eigenvalue weighted by Gasteiger charge is -2.19. The molecule has 116 valence electrons. The molecule has 1 heterocycles. The first kappa shape index (κ1) is 17.5. The largest absolute Gasteiger partial charge is 0.460 e. The van der Waals surface area contributed by atoms with Crippen LogP contribution in [0, 0.1) is 0 Å². The Hall–Kier alpha value is -0.550. The van der Waals surface area contributed by atoms with Crippen molar-refractivity contribution in [3.63, 3.8) is 0 Å². The highest BCUT2D eigenvalue weighted by Crippen LogP contribution is 2.24. The van der Waals surface area contributed by atoms with Gasteiger partial charge in [0.15, 0.2) is 5.12 Å². The van der Waals surface area contributed by atoms with Crippen molar-refractivity contribution in [2.24, 2.45) is 0 Å². The SMILES string of the molecule is CC(=O)SC1CNC(CCCCC(=O)OC(C)(C)C)C1. The van der Waals surface area contributed by atoms with E-state index in [4.69, 9.17) is 4.74 Å². The van der Waals surface area contributed by atoms with Crippen LogP contribution in [0.2, 0.25) is 0 Å². The van der Waals surface area contributed by atoms with Crippen LogP contribution in [-0.2, 0) is 14.3 Å². The molecule has 0 amide bonds. The van der Waals surface area contributed by atoms with Crippen LogP contribution < -0.4 is 5.32 Å². The van der Waals surface area contributed by atoms with Crippen molar-refractivity contribution >= 4 is 22.8 Å². The minimum atomic E-state index is -0.388. The first-order valence-corrected chi connectivity index (χ1v) is 8.26. The molecule has 0 saturated carbocycles. The van der Waals surface area contributed by atoms with E-state index in [0.29, 0.717) is 17.7 Å². The molecule has 1 aliphatic heterocycles. The molecule has 1 fully saturated rings. The third-order valence-corrected chi connectivity index (χ3v) is 4.14. The number of thioether (sulfide) groups is 1. The number of carbonyl (C=O) groups is 2. The lowest BCUT2D eigenvalue weighted by atomic mass is 10.1. The van der Waals surface area contributed by atoms with Crippen molar-refractivity contribution in [2.75, 3.05) is 6.54 Å². The smallest absolute Gasteiger partial charge is 0.306 e. The van der Waals surface area contributed by atoms with E-state index >= 15 is 0 Å². The van der Waals surface area contributed by atoms with Crippen molar-refractivity contribution in [1.29, 1.82) is 0 Å². The Kier molecular flexibility index (Phi) is 7.03. The second-order valence-electron chi connectivity index (χ2n) is 6.40. The average Bonchev–Trinajstić information content (AvgIpc) is 2.68. The topological polar surface area (TPSA) is 55.4 Å². The lowest BCUT2D eigenvalue weighted by molar-refractivity contribution is -0.154. The van der Waals surface area contributed by atoms with Gasteiger partial charge in [-0.1, -0.05) is 18.2 Å². The zero-order valence-corrected chi connectivity index (χ0v) is 13.8. The Bertz CT molecular complexity index is 339. The van der Waals surface area contributed by atoms with Crippen LogP contribution >= 0.6 is 11.8 Å². The van der Waals surface area contributed by atoms with Crippen LogP contribution in [-0.4, -0.2) is 34.5 Å². The molecule has 1 saturated heterocycles. The summed E-state index contributed by atoms with van der Waals surface area (Å²) in [5.74, 6) is -0.109. The van der Waals surface area contributed by atoms with Crippen molar-refractivity contribution in [3.05, 3.63) is 0 Å². The van der Waals surface area contributed by atoms with Gasteiger partial charge in [-0.05, 0) is 40.0 Å². The van der Waals surface area contributed by atoms with Crippen LogP contribution in [0.25, 0.3) is 0 Å². The Morgan fingerprint density at radius 1 is 1.30 bits per heavy atom. The molecule has 0 radical (unpaired) electrons. The van der Waals surface area contributed by atoms with Crippen molar-refractivity contribution < 1.29 is 14.3 Å². The fourth-order valence-electron chi connectivity index (χ4n) is 2.38. The molecule has 0 aromatic heterocycles. The Morgan fingerprint density at radius 3 is 2.60 bits per heavy atom. The number of hydrogen-bond donors (Lipinski definition) is 1. The molecule has 0 aromatic rings. The molecule has 20 heavy (non-hydrogen) atoms. The molecule has 5 heteroatoms. The van der Waals surface area contributed by atoms with Crippen LogP contribution in [0.15, 0.2) is 0 Å². The lowest BCUT2D eigenvalue weighted by Crippen LogP contribution is -2.24. The number of nitrogens with one attached hydrogen (secondary N) is 1. The Balaban J connectivity index is 2.08. The highest BCUT2D eigenvalue weighted by atomic mass is 32.2. The van der Waals surface area contributed by atoms with E-state index in [1.165, 1.54) is 11.8 Å². The van der Waals surface area contributed by atoms with Gasteiger partial charge in [-0.25, -0.2) is 0 Å². The van der Waals surface area contributed by atoms with Gasteiger partial charge in [-0.15, -0.1) is 0 Å². The highest BCUT2D eigenvalue weighted by molar-refractivity contribution is 8.14. The standard InChI is InChI=1S/C15H27NO3S/c1-11(17)20-13-9-12(16-10-13)7-5-6-8-14(18)19-15(2,3)4/h12-13,16H,5-10H2,1-4H3. The molecule has 1 N–H and O–H groups in total. The minimum Gasteiger partial charge on any atom is -0.460 e. The van der Waals surface area contributed by atoms with Gasteiger partial charge in [0.2, 0.25) is 0 Å². The molecule has 0 aromatic carbocycles. The van der Waals surface area contributed by atoms with E-state index in [1.54, 1.807) is 6.92 Å². The van der Waals surface area contributed by atoms with E-state index in [1.807, 2.05) is 20.8 Å². The predicted octanol–water partition coefficient (Wildman–Crippen LogP) is 2.90. The first-order chi connectivity index (χ1) is 9.26. The van der Waals surface area contributed by atoms with E-state index in [0.717, 1.165) is 32.2 Å². The summed E-state index contributed by atoms with van der Waals surface area (Å²) in [6.45, 7) is 8.21. The summed E-state index contributed by atoms with van der Waals surface area (Å²) in [6, 6.07) is 0.491. The van der Waals surface area contributed by atoms with E-state index in [-0.39, 0.29) is 16.7 Å². The number of rotatable bonds is 6. The third-order valence-electron chi connectivity index (χ3n) is 3.12. The highest BCUT2D eigenvalue weighted by Gasteiger charge is 2.25. The van der Waals surface area contributed by atoms with Gasteiger partial charge >= 0.3 is 5.97 Å². The maximum Gasteiger partial charge on any atom is 0.306 e. The average molecular weight is 301 g/mol. The molecule has 2 atom stereocenters. The first-order valence-electron chi connectivity index (χ1n) is 7.39. The third kappa shape index (κ3) is 7.90. The van der Waals surface area contributed by atoms with Crippen molar-refractivity contribution in [2.45, 2.75) is 76.7 Å². The van der Waals surface area contributed by atoms with E-state index in [9.17, 15) is 9.59 Å². The van der Waals surface area contributed by atoms with Gasteiger partial charge in [0, 0.05) is 31.2 Å². The molecule has 0 aliphatic carbocycles. The zero-order chi connectivity index (χ0) is 15.2. The van der Waals surface area contributed by atoms with Crippen LogP contribution in [0.3, 0.4) is 0 Å². The van der Waals surface area contributed by atoms with E-state index in [2.05, 4.69) is 5.32 Å². The van der Waals surface area contributed by atoms with Gasteiger partial charge in [-0.2, -0.15) is 0 Å². The van der Waals surface area contributed by atoms with Crippen LogP contribution in [0.5, 0.6) is 0 Å². The van der Waals surface area contributed by atoms with Gasteiger partial charge in [-0.3, -0.25) is 9.59 Å². The summed E-state index contributed by atoms with van der Waals surface area (Å²) in [6.07, 6.45) is 4.51. The van der Waals surface area contributed by atoms with Crippen molar-refractivity contribution in [3.8, 4) is 0 Å². The second kappa shape index (κ2) is 8.03. The number of carbonyl (C=O) groups excluding carboxylic acids is 2. The Labute approximate surface area is 126 Å². The van der Waals surface area contributed by atoms with Gasteiger partial charge in [0.25, 0.3) is 0 Å². The summed E-state index contributed by atoms with van der Waals surface area (Å²) in [5, 5.41) is 4.07. The molecular formula is C15H27NO3S. The molecule has 1 rings (SSSR count). The summed E-state index contributed by atoms with van der Waals surface area (Å²) >= 11 is 1.44. The van der Waals surface area contributed by atoms with Crippen molar-refractivity contribution in [1.82, 2.24) is 5.32 Å². The second-order valence-corrected chi connectivity index (χ2v) is 7.88. The molecule has 1 aliphatic rings. The molecule has 4 nitrogen and oxygen atoms in total. The molecule has 2 unspecified atom stereocenters. The summed E-state index contributed by atoms with van der Waals surface area (Å²) < 4.78 is 5.28. The maximum absolute atomic E-state index is 11.5. The predicted molar refractivity (Wildman–Crippen MR) is 82.8 cm³/mol. The van der Waals surface area contributed by atoms with Gasteiger partial charge in [0.1, 0.15) is 5.60 Å². The normalized spacial score (nSPS) is 22.8. The zero-order valence-electron chi connectivity index (χ0n) is 13.0. The van der Waals surface area contributed by atoms with Crippen LogP contribution in [0.4, 0.5) is 0 Å². The maximum atomic E-state index is 11.5. The molecular weight excluding hydrogens is 274 g/mol. The number of esters is 1. The number of unbranched alkanes of at least 4 members (excludes halogenated alkanes) is 1. The monoisotopic (exact) mass is 301 g/mol. The van der Waals surface area contributed by atoms with Gasteiger partial charge < -0.3 is 10.1 Å². The quantitative estimate of drug-likeness (QED) is 0.604. The fourth-order valence-corrected chi connectivity index (χ4v) is 3.36. The molecule has 0 spiro atoms. The Morgan fingerprint density at radius 2 is 2.00 bits per heavy atom. The summed E-state index contributed by atoms with van der Waals surface area (Å²) in [5.41, 5.74) is -0.388. The summed E-state index contributed by atoms with van der Waals surface area (Å²) in [4.78, 5) is 22.6. The summed E-state index contributed by atoms with van der Waals surface area (Å²) in [7, 11) is 0. The minimum absolute atomic E-state index is 0.109. The van der Waals surface area contributed by atoms with Crippen LogP contribution in [0.1, 0.15) is 59.8 Å². The number of ether oxygens (including phenoxy) is 1. The van der Waals surface area contributed by atoms with E-state index < -0.39 is 0 Å². The van der Waals surface area contributed by atoms with Gasteiger partial charge in [0.05, 0.1) is 0 Å².